The number of nitrogens with one attached hydrogen (secondary N) is 1. The molecule has 0 saturated carbocycles. The van der Waals surface area contributed by atoms with Gasteiger partial charge in [-0.2, -0.15) is 0 Å². The van der Waals surface area contributed by atoms with E-state index in [9.17, 15) is 20.0 Å². The zero-order chi connectivity index (χ0) is 15.4. The van der Waals surface area contributed by atoms with Crippen molar-refractivity contribution in [2.45, 2.75) is 13.0 Å². The van der Waals surface area contributed by atoms with Crippen molar-refractivity contribution in [2.24, 2.45) is 0 Å². The minimum absolute atomic E-state index is 0.0378. The normalized spacial score (nSPS) is 11.9. The van der Waals surface area contributed by atoms with Gasteiger partial charge in [0.15, 0.2) is 0 Å². The number of aliphatic hydroxyl groups is 1. The van der Waals surface area contributed by atoms with Gasteiger partial charge in [-0.3, -0.25) is 14.9 Å². The average Bonchev–Trinajstić information content (AvgIpc) is 2.90. The number of carbonyl (C=O) groups excluding carboxylic acids is 1. The number of rotatable bonds is 5. The van der Waals surface area contributed by atoms with Crippen LogP contribution in [-0.4, -0.2) is 22.5 Å². The van der Waals surface area contributed by atoms with Crippen molar-refractivity contribution < 1.29 is 14.8 Å². The minimum Gasteiger partial charge on any atom is -0.387 e. The first-order valence-electron chi connectivity index (χ1n) is 6.23. The lowest BCUT2D eigenvalue weighted by molar-refractivity contribution is -0.384. The van der Waals surface area contributed by atoms with E-state index in [0.29, 0.717) is 10.4 Å². The summed E-state index contributed by atoms with van der Waals surface area (Å²) in [5, 5.41) is 25.0. The lowest BCUT2D eigenvalue weighted by Crippen LogP contribution is -2.28. The van der Waals surface area contributed by atoms with E-state index in [1.165, 1.54) is 35.6 Å². The van der Waals surface area contributed by atoms with Crippen LogP contribution in [0, 0.1) is 17.0 Å². The second-order valence-corrected chi connectivity index (χ2v) is 5.42. The highest BCUT2D eigenvalue weighted by atomic mass is 32.1. The predicted molar refractivity (Wildman–Crippen MR) is 79.4 cm³/mol. The molecule has 1 heterocycles. The van der Waals surface area contributed by atoms with Crippen molar-refractivity contribution >= 4 is 22.9 Å². The van der Waals surface area contributed by atoms with Crippen LogP contribution in [0.25, 0.3) is 0 Å². The summed E-state index contributed by atoms with van der Waals surface area (Å²) in [5.74, 6) is -0.233. The average molecular weight is 306 g/mol. The Balaban J connectivity index is 1.95. The van der Waals surface area contributed by atoms with Crippen LogP contribution in [0.4, 0.5) is 5.69 Å². The Morgan fingerprint density at radius 3 is 2.57 bits per heavy atom. The van der Waals surface area contributed by atoms with Crippen molar-refractivity contribution in [2.75, 3.05) is 6.54 Å². The molecule has 7 heteroatoms. The Bertz CT molecular complexity index is 651. The molecule has 2 rings (SSSR count). The van der Waals surface area contributed by atoms with Crippen LogP contribution < -0.4 is 5.32 Å². The summed E-state index contributed by atoms with van der Waals surface area (Å²) in [6, 6.07) is 7.45. The number of amides is 1. The van der Waals surface area contributed by atoms with Crippen molar-refractivity contribution in [3.63, 3.8) is 0 Å². The maximum atomic E-state index is 11.9. The third-order valence-electron chi connectivity index (χ3n) is 3.01. The van der Waals surface area contributed by atoms with E-state index in [-0.39, 0.29) is 18.1 Å². The third-order valence-corrected chi connectivity index (χ3v) is 4.03. The molecule has 0 radical (unpaired) electrons. The van der Waals surface area contributed by atoms with Crippen LogP contribution >= 0.6 is 11.3 Å². The summed E-state index contributed by atoms with van der Waals surface area (Å²) in [7, 11) is 0. The highest BCUT2D eigenvalue weighted by Gasteiger charge is 2.14. The van der Waals surface area contributed by atoms with Gasteiger partial charge in [-0.1, -0.05) is 0 Å². The van der Waals surface area contributed by atoms with Gasteiger partial charge in [-0.15, -0.1) is 11.3 Å². The van der Waals surface area contributed by atoms with Crippen molar-refractivity contribution in [1.29, 1.82) is 0 Å². The van der Waals surface area contributed by atoms with Gasteiger partial charge >= 0.3 is 0 Å². The van der Waals surface area contributed by atoms with E-state index in [2.05, 4.69) is 5.32 Å². The summed E-state index contributed by atoms with van der Waals surface area (Å²) in [6.45, 7) is 1.89. The molecule has 2 N–H and O–H groups in total. The van der Waals surface area contributed by atoms with Crippen LogP contribution in [0.2, 0.25) is 0 Å². The quantitative estimate of drug-likeness (QED) is 0.655. The lowest BCUT2D eigenvalue weighted by atomic mass is 10.1. The second-order valence-electron chi connectivity index (χ2n) is 4.51. The monoisotopic (exact) mass is 306 g/mol. The van der Waals surface area contributed by atoms with E-state index in [4.69, 9.17) is 0 Å². The molecule has 2 aromatic rings. The van der Waals surface area contributed by atoms with Crippen molar-refractivity contribution in [3.8, 4) is 0 Å². The third kappa shape index (κ3) is 3.65. The zero-order valence-electron chi connectivity index (χ0n) is 11.3. The van der Waals surface area contributed by atoms with Gasteiger partial charge in [0, 0.05) is 18.7 Å². The second kappa shape index (κ2) is 6.47. The maximum Gasteiger partial charge on any atom is 0.269 e. The molecule has 1 amide bonds. The molecule has 0 spiro atoms. The number of thiophene rings is 1. The molecule has 1 aromatic heterocycles. The number of nitro groups is 1. The first-order valence-corrected chi connectivity index (χ1v) is 7.11. The van der Waals surface area contributed by atoms with E-state index in [1.54, 1.807) is 0 Å². The number of aryl methyl sites for hydroxylation is 1. The molecule has 1 aromatic carbocycles. The Labute approximate surface area is 125 Å². The molecule has 0 aliphatic rings. The molecule has 110 valence electrons. The van der Waals surface area contributed by atoms with Gasteiger partial charge in [-0.25, -0.2) is 0 Å². The maximum absolute atomic E-state index is 11.9. The van der Waals surface area contributed by atoms with Crippen LogP contribution in [0.15, 0.2) is 35.7 Å². The van der Waals surface area contributed by atoms with Gasteiger partial charge in [0.25, 0.3) is 11.6 Å². The molecule has 0 fully saturated rings. The first kappa shape index (κ1) is 15.1. The molecular formula is C14H14N2O4S. The minimum atomic E-state index is -0.907. The van der Waals surface area contributed by atoms with Gasteiger partial charge in [0.1, 0.15) is 0 Å². The molecule has 1 atom stereocenters. The Kier molecular flexibility index (Phi) is 4.66. The fourth-order valence-electron chi connectivity index (χ4n) is 1.81. The molecule has 0 unspecified atom stereocenters. The van der Waals surface area contributed by atoms with Crippen molar-refractivity contribution in [1.82, 2.24) is 5.32 Å². The summed E-state index contributed by atoms with van der Waals surface area (Å²) in [6.07, 6.45) is -0.907. The Morgan fingerprint density at radius 2 is 2.05 bits per heavy atom. The summed E-state index contributed by atoms with van der Waals surface area (Å²) in [5.41, 5.74) is 1.37. The first-order chi connectivity index (χ1) is 9.99. The van der Waals surface area contributed by atoms with Gasteiger partial charge in [-0.05, 0) is 41.6 Å². The van der Waals surface area contributed by atoms with Crippen LogP contribution in [0.3, 0.4) is 0 Å². The number of nitro benzene ring substituents is 1. The highest BCUT2D eigenvalue weighted by molar-refractivity contribution is 7.12. The molecule has 0 aliphatic heterocycles. The molecule has 0 saturated heterocycles. The summed E-state index contributed by atoms with van der Waals surface area (Å²) < 4.78 is 0. The number of nitrogens with zero attached hydrogens (tertiary/aromatic N) is 1. The Hall–Kier alpha value is -2.25. The van der Waals surface area contributed by atoms with E-state index < -0.39 is 11.0 Å². The molecule has 0 bridgehead atoms. The Morgan fingerprint density at radius 1 is 1.38 bits per heavy atom. The van der Waals surface area contributed by atoms with Crippen LogP contribution in [0.5, 0.6) is 0 Å². The standard InChI is InChI=1S/C14H14N2O4S/c1-9-6-7-21-13(9)14(18)15-8-12(17)10-2-4-11(5-3-10)16(19)20/h2-7,12,17H,8H2,1H3,(H,15,18)/t12-/m0/s1. The van der Waals surface area contributed by atoms with Gasteiger partial charge < -0.3 is 10.4 Å². The fourth-order valence-corrected chi connectivity index (χ4v) is 2.65. The number of hydrogen-bond acceptors (Lipinski definition) is 5. The smallest absolute Gasteiger partial charge is 0.269 e. The number of benzene rings is 1. The SMILES string of the molecule is Cc1ccsc1C(=O)NC[C@H](O)c1ccc([N+](=O)[O-])cc1. The van der Waals surface area contributed by atoms with Crippen LogP contribution in [0.1, 0.15) is 26.9 Å². The van der Waals surface area contributed by atoms with E-state index >= 15 is 0 Å². The number of aliphatic hydroxyl groups excluding tert-OH is 1. The summed E-state index contributed by atoms with van der Waals surface area (Å²) >= 11 is 1.34. The number of non-ortho nitro benzene ring substituents is 1. The molecule has 0 aliphatic carbocycles. The topological polar surface area (TPSA) is 92.5 Å². The van der Waals surface area contributed by atoms with E-state index in [0.717, 1.165) is 5.56 Å². The highest BCUT2D eigenvalue weighted by Crippen LogP contribution is 2.18. The fraction of sp³-hybridized carbons (Fsp3) is 0.214. The molecular weight excluding hydrogens is 292 g/mol. The van der Waals surface area contributed by atoms with Crippen LogP contribution in [-0.2, 0) is 0 Å². The molecule has 6 nitrogen and oxygen atoms in total. The number of hydrogen-bond donors (Lipinski definition) is 2. The number of carbonyl (C=O) groups is 1. The van der Waals surface area contributed by atoms with Gasteiger partial charge in [0.05, 0.1) is 15.9 Å². The van der Waals surface area contributed by atoms with Gasteiger partial charge in [0.2, 0.25) is 0 Å². The zero-order valence-corrected chi connectivity index (χ0v) is 12.1. The lowest BCUT2D eigenvalue weighted by Gasteiger charge is -2.12. The van der Waals surface area contributed by atoms with Crippen molar-refractivity contribution in [3.05, 3.63) is 61.8 Å². The summed E-state index contributed by atoms with van der Waals surface area (Å²) in [4.78, 5) is 22.6. The predicted octanol–water partition coefficient (Wildman–Crippen LogP) is 2.43. The molecule has 21 heavy (non-hydrogen) atoms. The largest absolute Gasteiger partial charge is 0.387 e. The van der Waals surface area contributed by atoms with E-state index in [1.807, 2.05) is 18.4 Å².